The molecule has 2 N–H and O–H groups in total. The van der Waals surface area contributed by atoms with E-state index >= 15 is 0 Å². The van der Waals surface area contributed by atoms with Crippen LogP contribution in [0.5, 0.6) is 0 Å². The molecule has 90 valence electrons. The van der Waals surface area contributed by atoms with Crippen molar-refractivity contribution in [1.82, 2.24) is 20.2 Å². The molecular formula is C11H20N4O. The molecule has 0 spiro atoms. The van der Waals surface area contributed by atoms with Crippen LogP contribution in [-0.4, -0.2) is 34.6 Å². The Kier molecular flexibility index (Phi) is 5.56. The summed E-state index contributed by atoms with van der Waals surface area (Å²) in [5, 5.41) is 6.07. The summed E-state index contributed by atoms with van der Waals surface area (Å²) in [6, 6.07) is 0.429. The first-order valence-electron chi connectivity index (χ1n) is 5.64. The van der Waals surface area contributed by atoms with Gasteiger partial charge in [0.05, 0.1) is 6.33 Å². The summed E-state index contributed by atoms with van der Waals surface area (Å²) in [6.07, 6.45) is 5.88. The number of aromatic nitrogens is 2. The van der Waals surface area contributed by atoms with Gasteiger partial charge in [0.2, 0.25) is 5.91 Å². The second kappa shape index (κ2) is 7.00. The first-order valence-corrected chi connectivity index (χ1v) is 5.64. The summed E-state index contributed by atoms with van der Waals surface area (Å²) >= 11 is 0. The highest BCUT2D eigenvalue weighted by Crippen LogP contribution is 1.85. The molecule has 0 unspecified atom stereocenters. The number of nitrogens with one attached hydrogen (secondary N) is 2. The number of carbonyl (C=O) groups is 1. The van der Waals surface area contributed by atoms with Crippen LogP contribution < -0.4 is 10.6 Å². The molecule has 0 aliphatic heterocycles. The van der Waals surface area contributed by atoms with E-state index in [0.717, 1.165) is 13.1 Å². The molecule has 1 aromatic heterocycles. The molecule has 5 heteroatoms. The van der Waals surface area contributed by atoms with Crippen molar-refractivity contribution in [1.29, 1.82) is 0 Å². The Labute approximate surface area is 96.3 Å². The lowest BCUT2D eigenvalue weighted by Crippen LogP contribution is -2.32. The maximum absolute atomic E-state index is 11.4. The van der Waals surface area contributed by atoms with Crippen LogP contribution in [0.2, 0.25) is 0 Å². The summed E-state index contributed by atoms with van der Waals surface area (Å²) in [5.41, 5.74) is 0. The maximum atomic E-state index is 11.4. The van der Waals surface area contributed by atoms with Crippen molar-refractivity contribution in [3.8, 4) is 0 Å². The van der Waals surface area contributed by atoms with Crippen LogP contribution in [-0.2, 0) is 11.3 Å². The van der Waals surface area contributed by atoms with Crippen molar-refractivity contribution in [2.75, 3.05) is 13.1 Å². The first-order chi connectivity index (χ1) is 7.68. The summed E-state index contributed by atoms with van der Waals surface area (Å²) in [4.78, 5) is 15.3. The standard InChI is InChI=1S/C11H20N4O/c1-10(2)13-4-3-11(16)14-6-8-15-7-5-12-9-15/h5,7,9-10,13H,3-4,6,8H2,1-2H3,(H,14,16). The average molecular weight is 224 g/mol. The van der Waals surface area contributed by atoms with Gasteiger partial charge in [-0.15, -0.1) is 0 Å². The minimum atomic E-state index is 0.0910. The molecule has 1 heterocycles. The van der Waals surface area contributed by atoms with Crippen LogP contribution >= 0.6 is 0 Å². The molecule has 0 atom stereocenters. The normalized spacial score (nSPS) is 10.7. The van der Waals surface area contributed by atoms with Gasteiger partial charge in [0.1, 0.15) is 0 Å². The minimum absolute atomic E-state index is 0.0910. The molecule has 0 radical (unpaired) electrons. The zero-order valence-corrected chi connectivity index (χ0v) is 9.94. The Morgan fingerprint density at radius 2 is 2.25 bits per heavy atom. The quantitative estimate of drug-likeness (QED) is 0.704. The maximum Gasteiger partial charge on any atom is 0.221 e. The van der Waals surface area contributed by atoms with Gasteiger partial charge in [-0.25, -0.2) is 4.98 Å². The predicted octanol–water partition coefficient (Wildman–Crippen LogP) is 0.387. The minimum Gasteiger partial charge on any atom is -0.354 e. The van der Waals surface area contributed by atoms with Crippen molar-refractivity contribution in [2.24, 2.45) is 0 Å². The van der Waals surface area contributed by atoms with Gasteiger partial charge in [0.15, 0.2) is 0 Å². The molecule has 1 amide bonds. The van der Waals surface area contributed by atoms with E-state index in [4.69, 9.17) is 0 Å². The van der Waals surface area contributed by atoms with Crippen LogP contribution in [0.3, 0.4) is 0 Å². The van der Waals surface area contributed by atoms with Crippen molar-refractivity contribution in [3.63, 3.8) is 0 Å². The van der Waals surface area contributed by atoms with Gasteiger partial charge in [0, 0.05) is 44.5 Å². The molecule has 0 bridgehead atoms. The number of carbonyl (C=O) groups excluding carboxylic acids is 1. The van der Waals surface area contributed by atoms with Crippen LogP contribution in [0.1, 0.15) is 20.3 Å². The number of rotatable bonds is 7. The van der Waals surface area contributed by atoms with Crippen LogP contribution in [0, 0.1) is 0 Å². The Morgan fingerprint density at radius 1 is 1.44 bits per heavy atom. The van der Waals surface area contributed by atoms with Crippen molar-refractivity contribution >= 4 is 5.91 Å². The molecule has 1 rings (SSSR count). The monoisotopic (exact) mass is 224 g/mol. The van der Waals surface area contributed by atoms with E-state index in [9.17, 15) is 4.79 Å². The van der Waals surface area contributed by atoms with Crippen LogP contribution in [0.4, 0.5) is 0 Å². The lowest BCUT2D eigenvalue weighted by molar-refractivity contribution is -0.121. The summed E-state index contributed by atoms with van der Waals surface area (Å²) < 4.78 is 1.94. The summed E-state index contributed by atoms with van der Waals surface area (Å²) in [7, 11) is 0. The SMILES string of the molecule is CC(C)NCCC(=O)NCCn1ccnc1. The fourth-order valence-corrected chi connectivity index (χ4v) is 1.31. The highest BCUT2D eigenvalue weighted by atomic mass is 16.1. The van der Waals surface area contributed by atoms with E-state index in [1.165, 1.54) is 0 Å². The predicted molar refractivity (Wildman–Crippen MR) is 63.0 cm³/mol. The molecule has 1 aromatic rings. The molecular weight excluding hydrogens is 204 g/mol. The molecule has 0 aliphatic rings. The van der Waals surface area contributed by atoms with Crippen molar-refractivity contribution in [3.05, 3.63) is 18.7 Å². The smallest absolute Gasteiger partial charge is 0.221 e. The summed E-state index contributed by atoms with van der Waals surface area (Å²) in [6.45, 7) is 6.28. The molecule has 5 nitrogen and oxygen atoms in total. The van der Waals surface area contributed by atoms with E-state index in [2.05, 4.69) is 29.5 Å². The fraction of sp³-hybridized carbons (Fsp3) is 0.636. The third-order valence-corrected chi connectivity index (χ3v) is 2.16. The average Bonchev–Trinajstić information content (AvgIpc) is 2.70. The van der Waals surface area contributed by atoms with E-state index < -0.39 is 0 Å². The van der Waals surface area contributed by atoms with Gasteiger partial charge in [-0.3, -0.25) is 4.79 Å². The van der Waals surface area contributed by atoms with Crippen LogP contribution in [0.15, 0.2) is 18.7 Å². The molecule has 16 heavy (non-hydrogen) atoms. The lowest BCUT2D eigenvalue weighted by atomic mass is 10.3. The molecule has 0 aliphatic carbocycles. The fourth-order valence-electron chi connectivity index (χ4n) is 1.31. The van der Waals surface area contributed by atoms with E-state index in [1.807, 2.05) is 10.8 Å². The van der Waals surface area contributed by atoms with Crippen molar-refractivity contribution in [2.45, 2.75) is 32.9 Å². The number of amides is 1. The number of hydrogen-bond donors (Lipinski definition) is 2. The van der Waals surface area contributed by atoms with Gasteiger partial charge in [-0.05, 0) is 0 Å². The molecule has 0 fully saturated rings. The highest BCUT2D eigenvalue weighted by Gasteiger charge is 2.00. The number of nitrogens with zero attached hydrogens (tertiary/aromatic N) is 2. The van der Waals surface area contributed by atoms with Gasteiger partial charge in [0.25, 0.3) is 0 Å². The zero-order valence-electron chi connectivity index (χ0n) is 9.94. The summed E-state index contributed by atoms with van der Waals surface area (Å²) in [5.74, 6) is 0.0910. The van der Waals surface area contributed by atoms with E-state index in [1.54, 1.807) is 12.5 Å². The van der Waals surface area contributed by atoms with E-state index in [0.29, 0.717) is 19.0 Å². The van der Waals surface area contributed by atoms with Gasteiger partial charge < -0.3 is 15.2 Å². The van der Waals surface area contributed by atoms with Gasteiger partial charge in [-0.1, -0.05) is 13.8 Å². The Bertz CT molecular complexity index is 295. The number of imidazole rings is 1. The van der Waals surface area contributed by atoms with E-state index in [-0.39, 0.29) is 5.91 Å². The number of hydrogen-bond acceptors (Lipinski definition) is 3. The van der Waals surface area contributed by atoms with Crippen LogP contribution in [0.25, 0.3) is 0 Å². The molecule has 0 aromatic carbocycles. The first kappa shape index (κ1) is 12.7. The third-order valence-electron chi connectivity index (χ3n) is 2.16. The zero-order chi connectivity index (χ0) is 11.8. The Balaban J connectivity index is 2.02. The third kappa shape index (κ3) is 5.50. The Hall–Kier alpha value is -1.36. The molecule has 0 saturated heterocycles. The lowest BCUT2D eigenvalue weighted by Gasteiger charge is -2.08. The second-order valence-corrected chi connectivity index (χ2v) is 4.01. The largest absolute Gasteiger partial charge is 0.354 e. The van der Waals surface area contributed by atoms with Gasteiger partial charge >= 0.3 is 0 Å². The van der Waals surface area contributed by atoms with Crippen molar-refractivity contribution < 1.29 is 4.79 Å². The Morgan fingerprint density at radius 3 is 2.88 bits per heavy atom. The molecule has 0 saturated carbocycles. The topological polar surface area (TPSA) is 59.0 Å². The highest BCUT2D eigenvalue weighted by molar-refractivity contribution is 5.75. The second-order valence-electron chi connectivity index (χ2n) is 4.01. The van der Waals surface area contributed by atoms with Gasteiger partial charge in [-0.2, -0.15) is 0 Å².